The zero-order valence-corrected chi connectivity index (χ0v) is 18.4. The van der Waals surface area contributed by atoms with Crippen LogP contribution in [0.15, 0.2) is 0 Å². The summed E-state index contributed by atoms with van der Waals surface area (Å²) in [5, 5.41) is 33.0. The molecule has 0 spiro atoms. The van der Waals surface area contributed by atoms with Gasteiger partial charge < -0.3 is 10.2 Å². The molecule has 160 valence electrons. The SMILES string of the molecule is C[C@H]1C2C3C4C[C@H]4[C@]4(O)CC(=O)CC[C@]4(C)C3CC[C@]2(C)[C@](O)(CCC#N)[C@H]1C. The first-order chi connectivity index (χ1) is 13.5. The second kappa shape index (κ2) is 5.86. The highest BCUT2D eigenvalue weighted by Gasteiger charge is 2.77. The lowest BCUT2D eigenvalue weighted by atomic mass is 9.42. The predicted octanol–water partition coefficient (Wildman–Crippen LogP) is 4.10. The normalized spacial score (nSPS) is 60.4. The average molecular weight is 400 g/mol. The van der Waals surface area contributed by atoms with Gasteiger partial charge in [-0.15, -0.1) is 0 Å². The number of carbonyl (C=O) groups excluding carboxylic acids is 1. The minimum atomic E-state index is -0.813. The molecule has 5 rings (SSSR count). The molecule has 29 heavy (non-hydrogen) atoms. The standard InChI is InChI=1S/C25H37NO3/c1-14-15(2)24(28,8-5-11-26)23(4)10-7-18-20(21(14)23)17-12-19(17)25(29)13-16(27)6-9-22(18,25)3/h14-15,17-21,28-29H,5-10,12-13H2,1-4H3/t14-,15+,17?,18?,19-,20?,21?,22-,23+,24+,25-/m1/s1. The van der Waals surface area contributed by atoms with Gasteiger partial charge in [0.15, 0.2) is 0 Å². The summed E-state index contributed by atoms with van der Waals surface area (Å²) in [6.45, 7) is 9.10. The Hall–Kier alpha value is -0.920. The fourth-order valence-electron chi connectivity index (χ4n) is 9.72. The maximum Gasteiger partial charge on any atom is 0.135 e. The van der Waals surface area contributed by atoms with Crippen LogP contribution in [0.1, 0.15) is 79.1 Å². The number of nitriles is 1. The first kappa shape index (κ1) is 20.0. The molecule has 0 aliphatic heterocycles. The Labute approximate surface area is 175 Å². The van der Waals surface area contributed by atoms with Crippen molar-refractivity contribution < 1.29 is 15.0 Å². The highest BCUT2D eigenvalue weighted by molar-refractivity contribution is 5.81. The molecule has 11 atom stereocenters. The molecule has 0 radical (unpaired) electrons. The summed E-state index contributed by atoms with van der Waals surface area (Å²) in [5.74, 6) is 3.01. The summed E-state index contributed by atoms with van der Waals surface area (Å²) in [6, 6.07) is 2.27. The van der Waals surface area contributed by atoms with Crippen molar-refractivity contribution in [2.24, 2.45) is 52.3 Å². The van der Waals surface area contributed by atoms with Gasteiger partial charge in [-0.25, -0.2) is 0 Å². The van der Waals surface area contributed by atoms with Crippen LogP contribution in [0, 0.1) is 63.6 Å². The molecule has 0 aromatic rings. The first-order valence-corrected chi connectivity index (χ1v) is 11.9. The molecule has 4 unspecified atom stereocenters. The van der Waals surface area contributed by atoms with E-state index >= 15 is 0 Å². The quantitative estimate of drug-likeness (QED) is 0.733. The van der Waals surface area contributed by atoms with Crippen LogP contribution >= 0.6 is 0 Å². The Morgan fingerprint density at radius 1 is 1.14 bits per heavy atom. The largest absolute Gasteiger partial charge is 0.389 e. The second-order valence-electron chi connectivity index (χ2n) is 12.0. The highest BCUT2D eigenvalue weighted by atomic mass is 16.3. The molecule has 0 saturated heterocycles. The van der Waals surface area contributed by atoms with E-state index in [4.69, 9.17) is 0 Å². The Kier molecular flexibility index (Phi) is 4.04. The number of nitrogens with zero attached hydrogens (tertiary/aromatic N) is 1. The number of carbonyl (C=O) groups is 1. The number of hydrogen-bond acceptors (Lipinski definition) is 4. The monoisotopic (exact) mass is 399 g/mol. The maximum absolute atomic E-state index is 12.3. The smallest absolute Gasteiger partial charge is 0.135 e. The number of fused-ring (bicyclic) bond motifs is 8. The summed E-state index contributed by atoms with van der Waals surface area (Å²) in [7, 11) is 0. The molecule has 2 N–H and O–H groups in total. The van der Waals surface area contributed by atoms with E-state index in [0.29, 0.717) is 55.3 Å². The molecule has 0 amide bonds. The fraction of sp³-hybridized carbons (Fsp3) is 0.920. The van der Waals surface area contributed by atoms with E-state index in [-0.39, 0.29) is 28.4 Å². The summed E-state index contributed by atoms with van der Waals surface area (Å²) >= 11 is 0. The van der Waals surface area contributed by atoms with Crippen LogP contribution in [0.2, 0.25) is 0 Å². The van der Waals surface area contributed by atoms with Crippen LogP contribution in [-0.2, 0) is 4.79 Å². The minimum Gasteiger partial charge on any atom is -0.389 e. The third-order valence-corrected chi connectivity index (χ3v) is 11.4. The van der Waals surface area contributed by atoms with E-state index in [9.17, 15) is 20.3 Å². The molecule has 0 bridgehead atoms. The van der Waals surface area contributed by atoms with Crippen molar-refractivity contribution in [2.75, 3.05) is 0 Å². The third-order valence-electron chi connectivity index (χ3n) is 11.4. The van der Waals surface area contributed by atoms with Crippen molar-refractivity contribution in [1.82, 2.24) is 0 Å². The summed E-state index contributed by atoms with van der Waals surface area (Å²) in [5.41, 5.74) is -1.93. The van der Waals surface area contributed by atoms with Gasteiger partial charge in [-0.05, 0) is 78.9 Å². The van der Waals surface area contributed by atoms with Crippen LogP contribution < -0.4 is 0 Å². The van der Waals surface area contributed by atoms with Crippen LogP contribution in [0.3, 0.4) is 0 Å². The maximum atomic E-state index is 12.3. The first-order valence-electron chi connectivity index (χ1n) is 11.9. The molecular formula is C25H37NO3. The molecule has 5 aliphatic carbocycles. The molecule has 4 heteroatoms. The van der Waals surface area contributed by atoms with Crippen molar-refractivity contribution >= 4 is 5.78 Å². The van der Waals surface area contributed by atoms with Gasteiger partial charge >= 0.3 is 0 Å². The van der Waals surface area contributed by atoms with Crippen LogP contribution in [-0.4, -0.2) is 27.2 Å². The van der Waals surface area contributed by atoms with Gasteiger partial charge in [-0.1, -0.05) is 27.7 Å². The van der Waals surface area contributed by atoms with E-state index in [0.717, 1.165) is 25.7 Å². The topological polar surface area (TPSA) is 81.3 Å². The van der Waals surface area contributed by atoms with Crippen molar-refractivity contribution in [3.63, 3.8) is 0 Å². The second-order valence-corrected chi connectivity index (χ2v) is 12.0. The van der Waals surface area contributed by atoms with Gasteiger partial charge in [-0.3, -0.25) is 4.79 Å². The van der Waals surface area contributed by atoms with E-state index in [1.807, 2.05) is 0 Å². The fourth-order valence-corrected chi connectivity index (χ4v) is 9.72. The Bertz CT molecular complexity index is 789. The highest BCUT2D eigenvalue weighted by Crippen LogP contribution is 2.78. The molecule has 4 nitrogen and oxygen atoms in total. The number of rotatable bonds is 2. The minimum absolute atomic E-state index is 0.159. The van der Waals surface area contributed by atoms with Gasteiger partial charge in [0.25, 0.3) is 0 Å². The molecular weight excluding hydrogens is 362 g/mol. The lowest BCUT2D eigenvalue weighted by Gasteiger charge is -2.63. The number of Topliss-reactive ketones (excluding diaryl/α,β-unsaturated/α-hetero) is 1. The summed E-state index contributed by atoms with van der Waals surface area (Å²) in [4.78, 5) is 12.3. The zero-order chi connectivity index (χ0) is 21.0. The van der Waals surface area contributed by atoms with Crippen LogP contribution in [0.25, 0.3) is 0 Å². The molecule has 5 fully saturated rings. The van der Waals surface area contributed by atoms with Gasteiger partial charge in [0.2, 0.25) is 0 Å². The Morgan fingerprint density at radius 3 is 2.55 bits per heavy atom. The zero-order valence-electron chi connectivity index (χ0n) is 18.4. The van der Waals surface area contributed by atoms with Crippen molar-refractivity contribution in [3.05, 3.63) is 0 Å². The number of ketones is 1. The Morgan fingerprint density at radius 2 is 1.86 bits per heavy atom. The van der Waals surface area contributed by atoms with E-state index in [1.165, 1.54) is 0 Å². The van der Waals surface area contributed by atoms with Gasteiger partial charge in [0, 0.05) is 24.7 Å². The summed E-state index contributed by atoms with van der Waals surface area (Å²) < 4.78 is 0. The van der Waals surface area contributed by atoms with Crippen molar-refractivity contribution in [1.29, 1.82) is 5.26 Å². The number of hydrogen-bond donors (Lipinski definition) is 2. The van der Waals surface area contributed by atoms with Crippen molar-refractivity contribution in [3.8, 4) is 6.07 Å². The molecule has 5 saturated carbocycles. The average Bonchev–Trinajstić information content (AvgIpc) is 3.46. The lowest BCUT2D eigenvalue weighted by Crippen LogP contribution is -2.65. The van der Waals surface area contributed by atoms with E-state index in [2.05, 4.69) is 33.8 Å². The lowest BCUT2D eigenvalue weighted by molar-refractivity contribution is -0.220. The van der Waals surface area contributed by atoms with E-state index in [1.54, 1.807) is 0 Å². The van der Waals surface area contributed by atoms with Crippen molar-refractivity contribution in [2.45, 2.75) is 90.3 Å². The molecule has 0 heterocycles. The van der Waals surface area contributed by atoms with Crippen LogP contribution in [0.4, 0.5) is 0 Å². The van der Waals surface area contributed by atoms with E-state index < -0.39 is 11.2 Å². The van der Waals surface area contributed by atoms with Gasteiger partial charge in [-0.2, -0.15) is 5.26 Å². The predicted molar refractivity (Wildman–Crippen MR) is 109 cm³/mol. The third kappa shape index (κ3) is 2.15. The van der Waals surface area contributed by atoms with Gasteiger partial charge in [0.05, 0.1) is 17.3 Å². The molecule has 0 aromatic carbocycles. The summed E-state index contributed by atoms with van der Waals surface area (Å²) in [6.07, 6.45) is 5.81. The number of aliphatic hydroxyl groups is 2. The van der Waals surface area contributed by atoms with Crippen LogP contribution in [0.5, 0.6) is 0 Å². The molecule has 5 aliphatic rings. The van der Waals surface area contributed by atoms with Gasteiger partial charge in [0.1, 0.15) is 5.78 Å². The Balaban J connectivity index is 1.56. The molecule has 0 aromatic heterocycles.